The first-order valence-electron chi connectivity index (χ1n) is 5.51. The van der Waals surface area contributed by atoms with E-state index in [1.807, 2.05) is 13.8 Å². The number of rotatable bonds is 7. The minimum atomic E-state index is -0.514. The summed E-state index contributed by atoms with van der Waals surface area (Å²) in [5, 5.41) is 9.00. The average Bonchev–Trinajstić information content (AvgIpc) is 2.18. The summed E-state index contributed by atoms with van der Waals surface area (Å²) in [4.78, 5) is 11.5. The third-order valence-corrected chi connectivity index (χ3v) is 2.58. The monoisotopic (exact) mass is 214 g/mol. The van der Waals surface area contributed by atoms with Crippen molar-refractivity contribution in [1.29, 1.82) is 0 Å². The van der Waals surface area contributed by atoms with Crippen LogP contribution in [-0.4, -0.2) is 23.3 Å². The summed E-state index contributed by atoms with van der Waals surface area (Å²) in [6.07, 6.45) is 2.93. The van der Waals surface area contributed by atoms with Gasteiger partial charge in [0.25, 0.3) is 0 Å². The van der Waals surface area contributed by atoms with Crippen LogP contribution in [0.1, 0.15) is 46.5 Å². The molecule has 1 atom stereocenters. The van der Waals surface area contributed by atoms with Crippen LogP contribution in [0.2, 0.25) is 0 Å². The fourth-order valence-corrected chi connectivity index (χ4v) is 1.60. The number of esters is 1. The van der Waals surface area contributed by atoms with Crippen molar-refractivity contribution in [1.82, 2.24) is 0 Å². The Kier molecular flexibility index (Phi) is 6.25. The number of aliphatic hydroxyl groups excluding tert-OH is 1. The van der Waals surface area contributed by atoms with E-state index in [0.29, 0.717) is 12.0 Å². The number of hydrogen-bond donors (Lipinski definition) is 1. The molecule has 0 spiro atoms. The smallest absolute Gasteiger partial charge is 0.333 e. The Bertz CT molecular complexity index is 215. The molecule has 15 heavy (non-hydrogen) atoms. The molecule has 0 aliphatic heterocycles. The standard InChI is InChI=1S/C12H22O3/c1-5-7-12(6-2,8-9-13)15-11(14)10(3)4/h13H,3,5-9H2,1-2,4H3. The first-order valence-corrected chi connectivity index (χ1v) is 5.51. The summed E-state index contributed by atoms with van der Waals surface area (Å²) in [6, 6.07) is 0. The van der Waals surface area contributed by atoms with Gasteiger partial charge in [0.1, 0.15) is 5.60 Å². The molecule has 1 N–H and O–H groups in total. The highest BCUT2D eigenvalue weighted by Gasteiger charge is 2.31. The first-order chi connectivity index (χ1) is 7.01. The highest BCUT2D eigenvalue weighted by Crippen LogP contribution is 2.27. The average molecular weight is 214 g/mol. The first kappa shape index (κ1) is 14.2. The van der Waals surface area contributed by atoms with E-state index in [1.54, 1.807) is 6.92 Å². The second-order valence-corrected chi connectivity index (χ2v) is 3.93. The topological polar surface area (TPSA) is 46.5 Å². The zero-order chi connectivity index (χ0) is 11.9. The van der Waals surface area contributed by atoms with Crippen molar-refractivity contribution in [2.45, 2.75) is 52.1 Å². The Morgan fingerprint density at radius 3 is 2.33 bits per heavy atom. The number of carbonyl (C=O) groups excluding carboxylic acids is 1. The molecule has 0 aromatic carbocycles. The third-order valence-electron chi connectivity index (χ3n) is 2.58. The maximum atomic E-state index is 11.5. The minimum absolute atomic E-state index is 0.0390. The van der Waals surface area contributed by atoms with Crippen LogP contribution < -0.4 is 0 Å². The fourth-order valence-electron chi connectivity index (χ4n) is 1.60. The van der Waals surface area contributed by atoms with E-state index in [9.17, 15) is 4.79 Å². The molecular formula is C12H22O3. The number of carbonyl (C=O) groups is 1. The summed E-state index contributed by atoms with van der Waals surface area (Å²) in [7, 11) is 0. The zero-order valence-electron chi connectivity index (χ0n) is 10.0. The highest BCUT2D eigenvalue weighted by atomic mass is 16.6. The van der Waals surface area contributed by atoms with Gasteiger partial charge in [-0.15, -0.1) is 0 Å². The lowest BCUT2D eigenvalue weighted by Crippen LogP contribution is -2.35. The van der Waals surface area contributed by atoms with Crippen molar-refractivity contribution in [3.8, 4) is 0 Å². The second-order valence-electron chi connectivity index (χ2n) is 3.93. The lowest BCUT2D eigenvalue weighted by Gasteiger charge is -2.32. The third kappa shape index (κ3) is 4.47. The highest BCUT2D eigenvalue weighted by molar-refractivity contribution is 5.87. The van der Waals surface area contributed by atoms with Gasteiger partial charge in [0.2, 0.25) is 0 Å². The normalized spacial score (nSPS) is 14.4. The van der Waals surface area contributed by atoms with Gasteiger partial charge in [-0.1, -0.05) is 26.8 Å². The molecular weight excluding hydrogens is 192 g/mol. The molecule has 0 aromatic heterocycles. The molecule has 0 saturated heterocycles. The van der Waals surface area contributed by atoms with E-state index >= 15 is 0 Å². The van der Waals surface area contributed by atoms with Crippen LogP contribution in [0.5, 0.6) is 0 Å². The Morgan fingerprint density at radius 2 is 2.00 bits per heavy atom. The quantitative estimate of drug-likeness (QED) is 0.523. The predicted molar refractivity (Wildman–Crippen MR) is 60.5 cm³/mol. The zero-order valence-corrected chi connectivity index (χ0v) is 10.0. The minimum Gasteiger partial charge on any atom is -0.456 e. The molecule has 0 aliphatic rings. The summed E-state index contributed by atoms with van der Waals surface area (Å²) in [5.74, 6) is -0.362. The molecule has 0 bridgehead atoms. The Hall–Kier alpha value is -0.830. The van der Waals surface area contributed by atoms with Gasteiger partial charge in [-0.25, -0.2) is 4.79 Å². The van der Waals surface area contributed by atoms with Crippen LogP contribution in [0.15, 0.2) is 12.2 Å². The molecule has 88 valence electrons. The van der Waals surface area contributed by atoms with Crippen molar-refractivity contribution in [2.24, 2.45) is 0 Å². The Labute approximate surface area is 92.1 Å². The maximum Gasteiger partial charge on any atom is 0.333 e. The van der Waals surface area contributed by atoms with Crippen molar-refractivity contribution in [2.75, 3.05) is 6.61 Å². The molecule has 0 aliphatic carbocycles. The molecule has 0 aromatic rings. The van der Waals surface area contributed by atoms with Crippen LogP contribution in [0.4, 0.5) is 0 Å². The van der Waals surface area contributed by atoms with Gasteiger partial charge in [0, 0.05) is 18.6 Å². The molecule has 0 radical (unpaired) electrons. The van der Waals surface area contributed by atoms with Gasteiger partial charge >= 0.3 is 5.97 Å². The fraction of sp³-hybridized carbons (Fsp3) is 0.750. The van der Waals surface area contributed by atoms with E-state index in [2.05, 4.69) is 6.58 Å². The van der Waals surface area contributed by atoms with E-state index in [-0.39, 0.29) is 12.6 Å². The van der Waals surface area contributed by atoms with Crippen molar-refractivity contribution in [3.63, 3.8) is 0 Å². The second kappa shape index (κ2) is 6.62. The van der Waals surface area contributed by atoms with Crippen LogP contribution >= 0.6 is 0 Å². The Balaban J connectivity index is 4.59. The largest absolute Gasteiger partial charge is 0.456 e. The van der Waals surface area contributed by atoms with Crippen LogP contribution in [0.3, 0.4) is 0 Å². The van der Waals surface area contributed by atoms with E-state index < -0.39 is 5.60 Å². The Morgan fingerprint density at radius 1 is 1.40 bits per heavy atom. The number of ether oxygens (including phenoxy) is 1. The number of aliphatic hydroxyl groups is 1. The molecule has 3 heteroatoms. The lowest BCUT2D eigenvalue weighted by atomic mass is 9.91. The van der Waals surface area contributed by atoms with Gasteiger partial charge < -0.3 is 9.84 Å². The van der Waals surface area contributed by atoms with Gasteiger partial charge in [0.05, 0.1) is 0 Å². The van der Waals surface area contributed by atoms with Crippen molar-refractivity contribution in [3.05, 3.63) is 12.2 Å². The molecule has 1 unspecified atom stereocenters. The molecule has 0 fully saturated rings. The van der Waals surface area contributed by atoms with E-state index in [1.165, 1.54) is 0 Å². The summed E-state index contributed by atoms with van der Waals surface area (Å²) in [5.41, 5.74) is -0.110. The number of hydrogen-bond acceptors (Lipinski definition) is 3. The summed E-state index contributed by atoms with van der Waals surface area (Å²) < 4.78 is 5.43. The molecule has 0 heterocycles. The predicted octanol–water partition coefficient (Wildman–Crippen LogP) is 2.44. The molecule has 0 amide bonds. The SMILES string of the molecule is C=C(C)C(=O)OC(CC)(CCC)CCO. The van der Waals surface area contributed by atoms with Crippen molar-refractivity contribution < 1.29 is 14.6 Å². The van der Waals surface area contributed by atoms with Crippen LogP contribution in [0, 0.1) is 0 Å². The van der Waals surface area contributed by atoms with Crippen LogP contribution in [-0.2, 0) is 9.53 Å². The van der Waals surface area contributed by atoms with Gasteiger partial charge in [0.15, 0.2) is 0 Å². The van der Waals surface area contributed by atoms with Crippen molar-refractivity contribution >= 4 is 5.97 Å². The van der Waals surface area contributed by atoms with E-state index in [4.69, 9.17) is 9.84 Å². The van der Waals surface area contributed by atoms with Gasteiger partial charge in [-0.2, -0.15) is 0 Å². The van der Waals surface area contributed by atoms with E-state index in [0.717, 1.165) is 19.3 Å². The molecule has 0 saturated carbocycles. The molecule has 3 nitrogen and oxygen atoms in total. The lowest BCUT2D eigenvalue weighted by molar-refractivity contribution is -0.157. The van der Waals surface area contributed by atoms with Gasteiger partial charge in [-0.05, 0) is 19.8 Å². The summed E-state index contributed by atoms with van der Waals surface area (Å²) in [6.45, 7) is 9.24. The maximum absolute atomic E-state index is 11.5. The van der Waals surface area contributed by atoms with Crippen LogP contribution in [0.25, 0.3) is 0 Å². The summed E-state index contributed by atoms with van der Waals surface area (Å²) >= 11 is 0. The van der Waals surface area contributed by atoms with Gasteiger partial charge in [-0.3, -0.25) is 0 Å². The molecule has 0 rings (SSSR count).